The molecular formula is C5H8NO3-. The number of rotatable bonds is 4. The Morgan fingerprint density at radius 3 is 2.89 bits per heavy atom. The van der Waals surface area contributed by atoms with E-state index in [2.05, 4.69) is 10.1 Å². The van der Waals surface area contributed by atoms with Crippen molar-refractivity contribution in [2.45, 2.75) is 6.92 Å². The number of carbonyl (C=O) groups is 1. The zero-order chi connectivity index (χ0) is 7.11. The Labute approximate surface area is 53.2 Å². The van der Waals surface area contributed by atoms with E-state index in [1.165, 1.54) is 6.41 Å². The molecule has 0 unspecified atom stereocenters. The molecule has 1 N–H and O–H groups in total. The minimum Gasteiger partial charge on any atom is -0.521 e. The van der Waals surface area contributed by atoms with Gasteiger partial charge in [0.25, 0.3) is 0 Å². The number of hydrogen-bond donors (Lipinski definition) is 1. The molecule has 1 amide bonds. The van der Waals surface area contributed by atoms with Crippen LogP contribution < -0.4 is 5.32 Å². The van der Waals surface area contributed by atoms with E-state index >= 15 is 0 Å². The molecule has 4 heteroatoms. The van der Waals surface area contributed by atoms with Crippen LogP contribution in [0.5, 0.6) is 0 Å². The fourth-order valence-corrected chi connectivity index (χ4v) is 0.320. The first-order chi connectivity index (χ1) is 4.31. The minimum atomic E-state index is -0.444. The Bertz CT molecular complexity index is 102. The first-order valence-electron chi connectivity index (χ1n) is 2.57. The molecule has 0 rings (SSSR count). The fourth-order valence-electron chi connectivity index (χ4n) is 0.320. The molecule has 0 heterocycles. The normalized spacial score (nSPS) is 8.11. The summed E-state index contributed by atoms with van der Waals surface area (Å²) >= 11 is 0. The summed E-state index contributed by atoms with van der Waals surface area (Å²) in [5.41, 5.74) is 0. The van der Waals surface area contributed by atoms with Crippen molar-refractivity contribution in [2.75, 3.05) is 13.2 Å². The van der Waals surface area contributed by atoms with Crippen LogP contribution in [0.15, 0.2) is 0 Å². The Morgan fingerprint density at radius 1 is 1.78 bits per heavy atom. The number of esters is 1. The minimum absolute atomic E-state index is 0.0999. The highest BCUT2D eigenvalue weighted by Crippen LogP contribution is 1.72. The molecule has 0 saturated heterocycles. The van der Waals surface area contributed by atoms with E-state index < -0.39 is 5.97 Å². The van der Waals surface area contributed by atoms with E-state index in [9.17, 15) is 9.59 Å². The van der Waals surface area contributed by atoms with Gasteiger partial charge in [0, 0.05) is 0 Å². The highest BCUT2D eigenvalue weighted by Gasteiger charge is 1.93. The Balaban J connectivity index is 3.16. The van der Waals surface area contributed by atoms with Gasteiger partial charge in [-0.3, -0.25) is 4.79 Å². The lowest BCUT2D eigenvalue weighted by Crippen LogP contribution is -2.22. The third-order valence-electron chi connectivity index (χ3n) is 0.610. The fraction of sp³-hybridized carbons (Fsp3) is 0.600. The van der Waals surface area contributed by atoms with E-state index in [-0.39, 0.29) is 6.54 Å². The Morgan fingerprint density at radius 2 is 2.44 bits per heavy atom. The number of ether oxygens (including phenoxy) is 1. The Hall–Kier alpha value is -1.06. The van der Waals surface area contributed by atoms with Crippen LogP contribution in [0.4, 0.5) is 0 Å². The van der Waals surface area contributed by atoms with Gasteiger partial charge in [-0.1, -0.05) is 0 Å². The molecule has 0 aromatic rings. The predicted molar refractivity (Wildman–Crippen MR) is 30.3 cm³/mol. The molecule has 4 nitrogen and oxygen atoms in total. The number of carbonyl (C=O) groups excluding carboxylic acids is 2. The maximum absolute atomic E-state index is 10.3. The largest absolute Gasteiger partial charge is 0.521 e. The maximum Gasteiger partial charge on any atom is 0.322 e. The van der Waals surface area contributed by atoms with Gasteiger partial charge in [0.05, 0.1) is 13.2 Å². The highest BCUT2D eigenvalue weighted by atomic mass is 16.5. The van der Waals surface area contributed by atoms with Crippen molar-refractivity contribution < 1.29 is 14.3 Å². The molecule has 52 valence electrons. The van der Waals surface area contributed by atoms with Gasteiger partial charge in [-0.05, 0) is 6.92 Å². The number of hydrogen-bond acceptors (Lipinski definition) is 3. The predicted octanol–water partition coefficient (Wildman–Crippen LogP) is -0.794. The van der Waals surface area contributed by atoms with Gasteiger partial charge in [0.1, 0.15) is 0 Å². The Kier molecular flexibility index (Phi) is 4.49. The van der Waals surface area contributed by atoms with Crippen LogP contribution in [0.3, 0.4) is 0 Å². The van der Waals surface area contributed by atoms with Gasteiger partial charge in [-0.25, -0.2) is 0 Å². The molecule has 0 saturated carbocycles. The second kappa shape index (κ2) is 5.08. The summed E-state index contributed by atoms with van der Waals surface area (Å²) in [5.74, 6) is -0.444. The molecule has 0 aliphatic rings. The molecule has 0 aliphatic heterocycles. The highest BCUT2D eigenvalue weighted by molar-refractivity contribution is 5.73. The van der Waals surface area contributed by atoms with Crippen molar-refractivity contribution in [3.05, 3.63) is 0 Å². The number of amides is 1. The third-order valence-corrected chi connectivity index (χ3v) is 0.610. The molecule has 0 spiro atoms. The van der Waals surface area contributed by atoms with Gasteiger partial charge >= 0.3 is 5.97 Å². The van der Waals surface area contributed by atoms with Crippen LogP contribution in [-0.4, -0.2) is 25.5 Å². The van der Waals surface area contributed by atoms with E-state index in [1.54, 1.807) is 6.92 Å². The molecule has 0 aliphatic carbocycles. The maximum atomic E-state index is 10.3. The monoisotopic (exact) mass is 130 g/mol. The van der Waals surface area contributed by atoms with Crippen molar-refractivity contribution in [1.82, 2.24) is 5.32 Å². The van der Waals surface area contributed by atoms with Crippen LogP contribution in [0.2, 0.25) is 0 Å². The van der Waals surface area contributed by atoms with Crippen molar-refractivity contribution in [3.63, 3.8) is 0 Å². The molecule has 0 atom stereocenters. The van der Waals surface area contributed by atoms with E-state index in [1.807, 2.05) is 0 Å². The smallest absolute Gasteiger partial charge is 0.322 e. The summed E-state index contributed by atoms with van der Waals surface area (Å²) in [5, 5.41) is 2.05. The van der Waals surface area contributed by atoms with Crippen LogP contribution in [0.25, 0.3) is 0 Å². The van der Waals surface area contributed by atoms with E-state index in [0.29, 0.717) is 6.61 Å². The van der Waals surface area contributed by atoms with Crippen LogP contribution >= 0.6 is 0 Å². The summed E-state index contributed by atoms with van der Waals surface area (Å²) in [6.45, 7) is 1.93. The summed E-state index contributed by atoms with van der Waals surface area (Å²) in [6.07, 6.45) is 1.36. The molecule has 0 bridgehead atoms. The summed E-state index contributed by atoms with van der Waals surface area (Å²) < 4.78 is 4.46. The van der Waals surface area contributed by atoms with Gasteiger partial charge in [0.15, 0.2) is 0 Å². The molecule has 0 aromatic carbocycles. The zero-order valence-electron chi connectivity index (χ0n) is 5.14. The molecule has 0 aromatic heterocycles. The third kappa shape index (κ3) is 4.80. The van der Waals surface area contributed by atoms with Crippen LogP contribution in [0, 0.1) is 0 Å². The summed E-state index contributed by atoms with van der Waals surface area (Å²) in [6, 6.07) is 0. The topological polar surface area (TPSA) is 55.4 Å². The molecule has 0 radical (unpaired) electrons. The molecular weight excluding hydrogens is 122 g/mol. The summed E-state index contributed by atoms with van der Waals surface area (Å²) in [7, 11) is 0. The quantitative estimate of drug-likeness (QED) is 0.308. The van der Waals surface area contributed by atoms with Crippen molar-refractivity contribution in [1.29, 1.82) is 0 Å². The second-order valence-corrected chi connectivity index (χ2v) is 1.26. The van der Waals surface area contributed by atoms with Crippen LogP contribution in [0.1, 0.15) is 6.92 Å². The average Bonchev–Trinajstić information content (AvgIpc) is 1.85. The first-order valence-corrected chi connectivity index (χ1v) is 2.57. The zero-order valence-corrected chi connectivity index (χ0v) is 5.14. The first kappa shape index (κ1) is 7.94. The lowest BCUT2D eigenvalue weighted by atomic mass is 10.6. The lowest BCUT2D eigenvalue weighted by molar-refractivity contribution is -0.141. The average molecular weight is 130 g/mol. The SMILES string of the molecule is CCOC(=O)CN[C-]=O. The van der Waals surface area contributed by atoms with Gasteiger partial charge in [-0.15, -0.1) is 0 Å². The van der Waals surface area contributed by atoms with Gasteiger partial charge in [-0.2, -0.15) is 6.41 Å². The van der Waals surface area contributed by atoms with E-state index in [0.717, 1.165) is 0 Å². The van der Waals surface area contributed by atoms with Crippen molar-refractivity contribution >= 4 is 12.4 Å². The van der Waals surface area contributed by atoms with Gasteiger partial charge < -0.3 is 14.8 Å². The standard InChI is InChI=1S/C5H8NO3/c1-2-9-5(8)3-6-4-7/h2-3H2,1H3,(H,6,7)/q-1. The van der Waals surface area contributed by atoms with Crippen molar-refractivity contribution in [3.8, 4) is 0 Å². The second-order valence-electron chi connectivity index (χ2n) is 1.26. The lowest BCUT2D eigenvalue weighted by Gasteiger charge is -2.04. The molecule has 9 heavy (non-hydrogen) atoms. The van der Waals surface area contributed by atoms with Gasteiger partial charge in [0.2, 0.25) is 0 Å². The van der Waals surface area contributed by atoms with Crippen molar-refractivity contribution in [2.24, 2.45) is 0 Å². The molecule has 0 fully saturated rings. The van der Waals surface area contributed by atoms with E-state index in [4.69, 9.17) is 0 Å². The number of nitrogens with one attached hydrogen (secondary N) is 1. The summed E-state index contributed by atoms with van der Waals surface area (Å²) in [4.78, 5) is 19.8. The van der Waals surface area contributed by atoms with Crippen LogP contribution in [-0.2, 0) is 14.3 Å².